The molecule has 3 rings (SSSR count). The second kappa shape index (κ2) is 7.04. The number of thiophene rings is 1. The van der Waals surface area contributed by atoms with Gasteiger partial charge in [0.2, 0.25) is 15.9 Å². The van der Waals surface area contributed by atoms with Crippen molar-refractivity contribution < 1.29 is 13.2 Å². The predicted molar refractivity (Wildman–Crippen MR) is 92.0 cm³/mol. The molecule has 24 heavy (non-hydrogen) atoms. The number of aromatic nitrogens is 2. The van der Waals surface area contributed by atoms with Crippen LogP contribution in [0.1, 0.15) is 10.6 Å². The van der Waals surface area contributed by atoms with Crippen LogP contribution in [0.2, 0.25) is 0 Å². The van der Waals surface area contributed by atoms with E-state index >= 15 is 0 Å². The Balaban J connectivity index is 1.74. The SMILES string of the molecule is CS(=O)(=O)NC[C@H]1CN(C(=O)Cc2cccs2)Cc2ccnn2C1. The van der Waals surface area contributed by atoms with E-state index in [0.29, 0.717) is 32.6 Å². The van der Waals surface area contributed by atoms with Gasteiger partial charge in [0.05, 0.1) is 24.9 Å². The summed E-state index contributed by atoms with van der Waals surface area (Å²) in [5.41, 5.74) is 0.969. The summed E-state index contributed by atoms with van der Waals surface area (Å²) in [6.07, 6.45) is 3.23. The molecule has 2 aromatic heterocycles. The van der Waals surface area contributed by atoms with Crippen molar-refractivity contribution in [1.82, 2.24) is 19.4 Å². The van der Waals surface area contributed by atoms with E-state index in [1.807, 2.05) is 28.3 Å². The molecule has 2 aromatic rings. The molecule has 0 saturated heterocycles. The molecule has 0 bridgehead atoms. The van der Waals surface area contributed by atoms with E-state index in [1.165, 1.54) is 0 Å². The molecule has 0 spiro atoms. The number of carbonyl (C=O) groups excluding carboxylic acids is 1. The van der Waals surface area contributed by atoms with E-state index in [-0.39, 0.29) is 11.8 Å². The van der Waals surface area contributed by atoms with Crippen LogP contribution in [0.5, 0.6) is 0 Å². The third-order valence-corrected chi connectivity index (χ3v) is 5.53. The average Bonchev–Trinajstić information content (AvgIpc) is 3.13. The first kappa shape index (κ1) is 17.1. The molecule has 130 valence electrons. The van der Waals surface area contributed by atoms with Crippen LogP contribution in [-0.2, 0) is 34.3 Å². The van der Waals surface area contributed by atoms with Crippen molar-refractivity contribution in [1.29, 1.82) is 0 Å². The maximum Gasteiger partial charge on any atom is 0.228 e. The number of carbonyl (C=O) groups is 1. The molecule has 9 heteroatoms. The van der Waals surface area contributed by atoms with Crippen molar-refractivity contribution in [3.05, 3.63) is 40.3 Å². The Morgan fingerprint density at radius 2 is 2.25 bits per heavy atom. The maximum absolute atomic E-state index is 12.7. The lowest BCUT2D eigenvalue weighted by Gasteiger charge is -2.24. The summed E-state index contributed by atoms with van der Waals surface area (Å²) in [6.45, 7) is 1.89. The van der Waals surface area contributed by atoms with E-state index in [4.69, 9.17) is 0 Å². The topological polar surface area (TPSA) is 84.3 Å². The molecule has 0 aromatic carbocycles. The number of nitrogens with one attached hydrogen (secondary N) is 1. The second-order valence-corrected chi connectivity index (χ2v) is 8.89. The van der Waals surface area contributed by atoms with Crippen molar-refractivity contribution in [2.75, 3.05) is 19.3 Å². The lowest BCUT2D eigenvalue weighted by atomic mass is 10.1. The highest BCUT2D eigenvalue weighted by Gasteiger charge is 2.26. The molecule has 0 saturated carbocycles. The fourth-order valence-corrected chi connectivity index (χ4v) is 4.03. The van der Waals surface area contributed by atoms with Crippen LogP contribution in [-0.4, -0.2) is 48.4 Å². The highest BCUT2D eigenvalue weighted by molar-refractivity contribution is 7.88. The van der Waals surface area contributed by atoms with Crippen molar-refractivity contribution in [3.8, 4) is 0 Å². The van der Waals surface area contributed by atoms with Gasteiger partial charge in [0.15, 0.2) is 0 Å². The zero-order valence-electron chi connectivity index (χ0n) is 13.4. The molecule has 0 aliphatic carbocycles. The first-order chi connectivity index (χ1) is 11.4. The second-order valence-electron chi connectivity index (χ2n) is 6.02. The Hall–Kier alpha value is -1.71. The van der Waals surface area contributed by atoms with Crippen LogP contribution in [0.25, 0.3) is 0 Å². The summed E-state index contributed by atoms with van der Waals surface area (Å²) >= 11 is 1.57. The van der Waals surface area contributed by atoms with Crippen molar-refractivity contribution >= 4 is 27.3 Å². The summed E-state index contributed by atoms with van der Waals surface area (Å²) < 4.78 is 27.1. The Kier molecular flexibility index (Phi) is 5.02. The van der Waals surface area contributed by atoms with Gasteiger partial charge in [-0.1, -0.05) is 6.07 Å². The van der Waals surface area contributed by atoms with Crippen molar-refractivity contribution in [3.63, 3.8) is 0 Å². The number of rotatable bonds is 5. The highest BCUT2D eigenvalue weighted by Crippen LogP contribution is 2.18. The summed E-state index contributed by atoms with van der Waals surface area (Å²) in [5.74, 6) is 0.0321. The number of sulfonamides is 1. The molecular weight excluding hydrogens is 348 g/mol. The van der Waals surface area contributed by atoms with Crippen molar-refractivity contribution in [2.45, 2.75) is 19.5 Å². The third kappa shape index (κ3) is 4.43. The van der Waals surface area contributed by atoms with Gasteiger partial charge in [-0.3, -0.25) is 9.48 Å². The van der Waals surface area contributed by atoms with Crippen LogP contribution < -0.4 is 4.72 Å². The third-order valence-electron chi connectivity index (χ3n) is 3.96. The molecule has 7 nitrogen and oxygen atoms in total. The molecule has 0 fully saturated rings. The average molecular weight is 368 g/mol. The number of nitrogens with zero attached hydrogens (tertiary/aromatic N) is 3. The van der Waals surface area contributed by atoms with Crippen LogP contribution in [0, 0.1) is 5.92 Å². The number of hydrogen-bond donors (Lipinski definition) is 1. The zero-order valence-corrected chi connectivity index (χ0v) is 15.0. The van der Waals surface area contributed by atoms with Gasteiger partial charge in [0.1, 0.15) is 0 Å². The van der Waals surface area contributed by atoms with E-state index in [2.05, 4.69) is 9.82 Å². The van der Waals surface area contributed by atoms with Gasteiger partial charge in [-0.2, -0.15) is 5.10 Å². The van der Waals surface area contributed by atoms with Gasteiger partial charge in [-0.15, -0.1) is 11.3 Å². The Morgan fingerprint density at radius 1 is 1.42 bits per heavy atom. The molecule has 0 radical (unpaired) electrons. The molecule has 3 heterocycles. The van der Waals surface area contributed by atoms with Crippen LogP contribution in [0.15, 0.2) is 29.8 Å². The smallest absolute Gasteiger partial charge is 0.228 e. The largest absolute Gasteiger partial charge is 0.336 e. The van der Waals surface area contributed by atoms with Crippen LogP contribution in [0.3, 0.4) is 0 Å². The van der Waals surface area contributed by atoms with E-state index in [1.54, 1.807) is 22.4 Å². The number of amides is 1. The Bertz CT molecular complexity index is 799. The maximum atomic E-state index is 12.7. The lowest BCUT2D eigenvalue weighted by Crippen LogP contribution is -2.39. The fraction of sp³-hybridized carbons (Fsp3) is 0.467. The summed E-state index contributed by atoms with van der Waals surface area (Å²) in [7, 11) is -3.26. The molecule has 1 aliphatic heterocycles. The first-order valence-corrected chi connectivity index (χ1v) is 10.4. The van der Waals surface area contributed by atoms with Crippen LogP contribution >= 0.6 is 11.3 Å². The van der Waals surface area contributed by atoms with Crippen LogP contribution in [0.4, 0.5) is 0 Å². The van der Waals surface area contributed by atoms with Gasteiger partial charge >= 0.3 is 0 Å². The van der Waals surface area contributed by atoms with E-state index < -0.39 is 10.0 Å². The molecule has 1 amide bonds. The quantitative estimate of drug-likeness (QED) is 0.842. The van der Waals surface area contributed by atoms with Gasteiger partial charge in [-0.25, -0.2) is 13.1 Å². The Morgan fingerprint density at radius 3 is 2.96 bits per heavy atom. The van der Waals surface area contributed by atoms with Gasteiger partial charge in [0.25, 0.3) is 0 Å². The molecule has 0 unspecified atom stereocenters. The Labute approximate surface area is 145 Å². The first-order valence-electron chi connectivity index (χ1n) is 7.66. The van der Waals surface area contributed by atoms with E-state index in [0.717, 1.165) is 16.8 Å². The summed E-state index contributed by atoms with van der Waals surface area (Å²) in [6, 6.07) is 5.79. The molecular formula is C15H20N4O3S2. The zero-order chi connectivity index (χ0) is 17.2. The predicted octanol–water partition coefficient (Wildman–Crippen LogP) is 0.695. The molecule has 1 atom stereocenters. The minimum atomic E-state index is -3.26. The number of fused-ring (bicyclic) bond motifs is 1. The molecule has 1 N–H and O–H groups in total. The summed E-state index contributed by atoms with van der Waals surface area (Å²) in [5, 5.41) is 6.24. The van der Waals surface area contributed by atoms with E-state index in [9.17, 15) is 13.2 Å². The van der Waals surface area contributed by atoms with Gasteiger partial charge in [-0.05, 0) is 17.5 Å². The molecule has 1 aliphatic rings. The monoisotopic (exact) mass is 368 g/mol. The minimum absolute atomic E-state index is 0.0202. The fourth-order valence-electron chi connectivity index (χ4n) is 2.80. The highest BCUT2D eigenvalue weighted by atomic mass is 32.2. The normalized spacial score (nSPS) is 18.2. The lowest BCUT2D eigenvalue weighted by molar-refractivity contribution is -0.131. The van der Waals surface area contributed by atoms with Gasteiger partial charge < -0.3 is 4.90 Å². The number of hydrogen-bond acceptors (Lipinski definition) is 5. The standard InChI is InChI=1S/C15H20N4O3S2/c1-24(21,22)17-8-12-9-18(11-13-4-5-16-19(13)10-12)15(20)7-14-3-2-6-23-14/h2-6,12,17H,7-11H2,1H3/t12-/m0/s1. The van der Waals surface area contributed by atoms with Crippen molar-refractivity contribution in [2.24, 2.45) is 5.92 Å². The minimum Gasteiger partial charge on any atom is -0.336 e. The van der Waals surface area contributed by atoms with Gasteiger partial charge in [0, 0.05) is 36.6 Å². The summed E-state index contributed by atoms with van der Waals surface area (Å²) in [4.78, 5) is 15.5.